The molecule has 4 rings (SSSR count). The number of aryl methyl sites for hydroxylation is 1. The standard InChI is InChI=1S/C24H20N4O2/c1-18-26-27-23(21-10-6-3-7-11-21)24(29)28(18)25-16-19-12-14-22(15-13-19)30-17-20-8-4-2-5-9-20/h2-16H,17H2,1H3. The third-order valence-electron chi connectivity index (χ3n) is 4.49. The van der Waals surface area contributed by atoms with Gasteiger partial charge in [0.15, 0.2) is 11.5 Å². The number of nitrogens with zero attached hydrogens (tertiary/aromatic N) is 4. The highest BCUT2D eigenvalue weighted by Crippen LogP contribution is 2.14. The number of ether oxygens (including phenoxy) is 1. The lowest BCUT2D eigenvalue weighted by molar-refractivity contribution is 0.306. The van der Waals surface area contributed by atoms with Gasteiger partial charge in [-0.15, -0.1) is 10.2 Å². The van der Waals surface area contributed by atoms with E-state index in [0.717, 1.165) is 16.9 Å². The number of benzene rings is 3. The van der Waals surface area contributed by atoms with E-state index in [1.165, 1.54) is 4.68 Å². The van der Waals surface area contributed by atoms with Gasteiger partial charge < -0.3 is 4.74 Å². The van der Waals surface area contributed by atoms with Gasteiger partial charge in [0.2, 0.25) is 0 Å². The molecule has 0 aliphatic rings. The van der Waals surface area contributed by atoms with E-state index in [1.54, 1.807) is 13.1 Å². The molecule has 4 aromatic rings. The molecule has 6 nitrogen and oxygen atoms in total. The summed E-state index contributed by atoms with van der Waals surface area (Å²) in [5.74, 6) is 1.18. The van der Waals surface area contributed by atoms with Crippen molar-refractivity contribution < 1.29 is 4.74 Å². The zero-order valence-electron chi connectivity index (χ0n) is 16.5. The van der Waals surface area contributed by atoms with Gasteiger partial charge in [0, 0.05) is 5.56 Å². The van der Waals surface area contributed by atoms with Gasteiger partial charge in [-0.25, -0.2) is 0 Å². The maximum atomic E-state index is 12.8. The third-order valence-corrected chi connectivity index (χ3v) is 4.49. The number of hydrogen-bond acceptors (Lipinski definition) is 5. The van der Waals surface area contributed by atoms with Gasteiger partial charge in [0.1, 0.15) is 12.4 Å². The van der Waals surface area contributed by atoms with Crippen LogP contribution in [0.5, 0.6) is 5.75 Å². The summed E-state index contributed by atoms with van der Waals surface area (Å²) in [5, 5.41) is 12.4. The summed E-state index contributed by atoms with van der Waals surface area (Å²) in [6.45, 7) is 2.20. The van der Waals surface area contributed by atoms with Gasteiger partial charge in [-0.2, -0.15) is 9.78 Å². The van der Waals surface area contributed by atoms with Crippen LogP contribution in [0.25, 0.3) is 11.3 Å². The molecule has 30 heavy (non-hydrogen) atoms. The van der Waals surface area contributed by atoms with Crippen molar-refractivity contribution in [3.63, 3.8) is 0 Å². The Morgan fingerprint density at radius 2 is 1.57 bits per heavy atom. The maximum Gasteiger partial charge on any atom is 0.301 e. The van der Waals surface area contributed by atoms with Crippen molar-refractivity contribution in [2.24, 2.45) is 5.10 Å². The average Bonchev–Trinajstić information content (AvgIpc) is 2.80. The molecule has 0 atom stereocenters. The van der Waals surface area contributed by atoms with Crippen molar-refractivity contribution in [3.8, 4) is 17.0 Å². The molecule has 1 aromatic heterocycles. The molecule has 148 valence electrons. The third kappa shape index (κ3) is 4.50. The first kappa shape index (κ1) is 19.3. The Balaban J connectivity index is 1.50. The summed E-state index contributed by atoms with van der Waals surface area (Å²) in [4.78, 5) is 12.8. The minimum absolute atomic E-state index is 0.267. The van der Waals surface area contributed by atoms with Crippen molar-refractivity contribution in [1.29, 1.82) is 0 Å². The fourth-order valence-corrected chi connectivity index (χ4v) is 2.88. The first-order chi connectivity index (χ1) is 14.7. The first-order valence-electron chi connectivity index (χ1n) is 9.53. The second kappa shape index (κ2) is 8.96. The van der Waals surface area contributed by atoms with Crippen LogP contribution in [0.2, 0.25) is 0 Å². The Hall–Kier alpha value is -4.06. The molecule has 0 unspecified atom stereocenters. The average molecular weight is 396 g/mol. The Morgan fingerprint density at radius 1 is 0.900 bits per heavy atom. The second-order valence-corrected chi connectivity index (χ2v) is 6.67. The fraction of sp³-hybridized carbons (Fsp3) is 0.0833. The molecule has 0 amide bonds. The Bertz CT molecular complexity index is 1200. The van der Waals surface area contributed by atoms with Gasteiger partial charge in [0.05, 0.1) is 6.21 Å². The Morgan fingerprint density at radius 3 is 2.27 bits per heavy atom. The van der Waals surface area contributed by atoms with Gasteiger partial charge in [-0.3, -0.25) is 4.79 Å². The monoisotopic (exact) mass is 396 g/mol. The molecular formula is C24H20N4O2. The minimum atomic E-state index is -0.312. The predicted molar refractivity (Wildman–Crippen MR) is 117 cm³/mol. The van der Waals surface area contributed by atoms with E-state index < -0.39 is 0 Å². The lowest BCUT2D eigenvalue weighted by atomic mass is 10.2. The Labute approximate surface area is 174 Å². The summed E-state index contributed by atoms with van der Waals surface area (Å²) in [5.41, 5.74) is 2.61. The van der Waals surface area contributed by atoms with Crippen LogP contribution < -0.4 is 10.3 Å². The van der Waals surface area contributed by atoms with Crippen LogP contribution in [0.15, 0.2) is 94.8 Å². The van der Waals surface area contributed by atoms with Gasteiger partial charge in [0.25, 0.3) is 0 Å². The highest BCUT2D eigenvalue weighted by atomic mass is 16.5. The van der Waals surface area contributed by atoms with Crippen LogP contribution in [0.3, 0.4) is 0 Å². The smallest absolute Gasteiger partial charge is 0.301 e. The summed E-state index contributed by atoms with van der Waals surface area (Å²) >= 11 is 0. The highest BCUT2D eigenvalue weighted by molar-refractivity contribution is 5.79. The van der Waals surface area contributed by atoms with Gasteiger partial charge in [-0.1, -0.05) is 60.7 Å². The van der Waals surface area contributed by atoms with Gasteiger partial charge in [-0.05, 0) is 42.3 Å². The number of rotatable bonds is 6. The molecule has 0 aliphatic carbocycles. The van der Waals surface area contributed by atoms with Crippen LogP contribution >= 0.6 is 0 Å². The van der Waals surface area contributed by atoms with Crippen molar-refractivity contribution in [2.75, 3.05) is 0 Å². The zero-order valence-corrected chi connectivity index (χ0v) is 16.5. The summed E-state index contributed by atoms with van der Waals surface area (Å²) in [6, 6.07) is 26.7. The summed E-state index contributed by atoms with van der Waals surface area (Å²) in [6.07, 6.45) is 1.62. The van der Waals surface area contributed by atoms with E-state index in [-0.39, 0.29) is 11.3 Å². The predicted octanol–water partition coefficient (Wildman–Crippen LogP) is 4.07. The van der Waals surface area contributed by atoms with Crippen molar-refractivity contribution in [2.45, 2.75) is 13.5 Å². The maximum absolute atomic E-state index is 12.8. The molecule has 6 heteroatoms. The number of aromatic nitrogens is 3. The molecule has 3 aromatic carbocycles. The van der Waals surface area contributed by atoms with Crippen LogP contribution in [-0.4, -0.2) is 21.1 Å². The van der Waals surface area contributed by atoms with E-state index in [1.807, 2.05) is 84.9 Å². The summed E-state index contributed by atoms with van der Waals surface area (Å²) < 4.78 is 7.05. The fourth-order valence-electron chi connectivity index (χ4n) is 2.88. The lowest BCUT2D eigenvalue weighted by Crippen LogP contribution is -2.23. The molecular weight excluding hydrogens is 376 g/mol. The largest absolute Gasteiger partial charge is 0.489 e. The molecule has 0 spiro atoms. The van der Waals surface area contributed by atoms with E-state index >= 15 is 0 Å². The van der Waals surface area contributed by atoms with Crippen LogP contribution in [0, 0.1) is 6.92 Å². The Kier molecular flexibility index (Phi) is 5.75. The SMILES string of the molecule is Cc1nnc(-c2ccccc2)c(=O)n1N=Cc1ccc(OCc2ccccc2)cc1. The zero-order chi connectivity index (χ0) is 20.8. The van der Waals surface area contributed by atoms with Crippen LogP contribution in [0.1, 0.15) is 17.0 Å². The molecule has 1 heterocycles. The molecule has 0 bridgehead atoms. The van der Waals surface area contributed by atoms with E-state index in [2.05, 4.69) is 15.3 Å². The highest BCUT2D eigenvalue weighted by Gasteiger charge is 2.10. The second-order valence-electron chi connectivity index (χ2n) is 6.67. The van der Waals surface area contributed by atoms with Crippen molar-refractivity contribution >= 4 is 6.21 Å². The van der Waals surface area contributed by atoms with E-state index in [4.69, 9.17) is 4.74 Å². The van der Waals surface area contributed by atoms with Crippen LogP contribution in [0.4, 0.5) is 0 Å². The van der Waals surface area contributed by atoms with Crippen molar-refractivity contribution in [3.05, 3.63) is 112 Å². The number of hydrogen-bond donors (Lipinski definition) is 0. The lowest BCUT2D eigenvalue weighted by Gasteiger charge is -2.07. The minimum Gasteiger partial charge on any atom is -0.489 e. The quantitative estimate of drug-likeness (QED) is 0.461. The molecule has 0 fully saturated rings. The van der Waals surface area contributed by atoms with E-state index in [9.17, 15) is 4.79 Å². The first-order valence-corrected chi connectivity index (χ1v) is 9.53. The van der Waals surface area contributed by atoms with Gasteiger partial charge >= 0.3 is 5.56 Å². The van der Waals surface area contributed by atoms with Crippen molar-refractivity contribution in [1.82, 2.24) is 14.9 Å². The topological polar surface area (TPSA) is 69.4 Å². The molecule has 0 aliphatic heterocycles. The molecule has 0 N–H and O–H groups in total. The molecule has 0 saturated carbocycles. The molecule has 0 radical (unpaired) electrons. The van der Waals surface area contributed by atoms with E-state index in [0.29, 0.717) is 18.0 Å². The summed E-state index contributed by atoms with van der Waals surface area (Å²) in [7, 11) is 0. The molecule has 0 saturated heterocycles. The van der Waals surface area contributed by atoms with Crippen LogP contribution in [-0.2, 0) is 6.61 Å². The normalized spacial score (nSPS) is 11.0.